The molecule has 23 nitrogen and oxygen atoms in total. The summed E-state index contributed by atoms with van der Waals surface area (Å²) in [5.41, 5.74) is 3.87. The summed E-state index contributed by atoms with van der Waals surface area (Å²) in [6.07, 6.45) is -11.1. The molecule has 0 saturated carbocycles. The van der Waals surface area contributed by atoms with Crippen LogP contribution in [0.5, 0.6) is 11.5 Å². The molecule has 14 atom stereocenters. The van der Waals surface area contributed by atoms with Crippen molar-refractivity contribution in [3.8, 4) is 33.8 Å². The minimum Gasteiger partial charge on any atom is -0.508 e. The van der Waals surface area contributed by atoms with Crippen LogP contribution in [0, 0.1) is 5.92 Å². The Balaban J connectivity index is 1.17. The number of aliphatic hydroxyl groups excluding tert-OH is 7. The summed E-state index contributed by atoms with van der Waals surface area (Å²) in [5.74, 6) is -8.04. The average molecular weight is 1120 g/mol. The maximum absolute atomic E-state index is 14.5. The van der Waals surface area contributed by atoms with Crippen molar-refractivity contribution >= 4 is 41.4 Å². The van der Waals surface area contributed by atoms with Gasteiger partial charge in [0, 0.05) is 43.8 Å². The number of phenols is 1. The third kappa shape index (κ3) is 15.1. The van der Waals surface area contributed by atoms with Gasteiger partial charge in [0.25, 0.3) is 5.91 Å². The standard InChI is InChI=1S/C58H73N7O16/c1-5-6-7-24-81-41-22-18-37(19-23-41)35-12-10-34(11-13-35)36-14-16-38(17-15-36)51(73)59-42-27-45(71)54(76)63-56(78)49-50(72)30(2)28-65(49)58(80)47(32(4)67)61-55(77)48(44(70)25-33-8-20-39(68)21-9-33)62-53(75)43-26-40(69)29-64(43)57(79)46(31(3)66)60-52(42)74/h8-23,30-32,40,42-50,54,66-72,76H,5-7,24-29H2,1-4H3,(H,59,73)(H,60,74)(H,61,77)(H,62,75)(H,63,78)/t30-,31?,32?,40+,42?,43-,44+,45+,46-,47-,48-,49-,50-,54+/m0/s1. The van der Waals surface area contributed by atoms with E-state index in [2.05, 4.69) is 33.5 Å². The number of carbonyl (C=O) groups is 7. The van der Waals surface area contributed by atoms with Gasteiger partial charge in [-0.25, -0.2) is 0 Å². The van der Waals surface area contributed by atoms with Crippen molar-refractivity contribution in [1.29, 1.82) is 0 Å². The van der Waals surface area contributed by atoms with Gasteiger partial charge in [-0.2, -0.15) is 0 Å². The number of aromatic hydroxyl groups is 1. The lowest BCUT2D eigenvalue weighted by Gasteiger charge is -2.33. The Morgan fingerprint density at radius 3 is 1.74 bits per heavy atom. The van der Waals surface area contributed by atoms with E-state index >= 15 is 0 Å². The molecule has 7 rings (SSSR count). The molecule has 0 bridgehead atoms. The summed E-state index contributed by atoms with van der Waals surface area (Å²) in [6.45, 7) is 5.67. The Bertz CT molecular complexity index is 2840. The molecule has 0 radical (unpaired) electrons. The van der Waals surface area contributed by atoms with Crippen LogP contribution in [-0.2, 0) is 35.2 Å². The van der Waals surface area contributed by atoms with Gasteiger partial charge in [0.15, 0.2) is 6.23 Å². The van der Waals surface area contributed by atoms with E-state index in [1.54, 1.807) is 12.1 Å². The van der Waals surface area contributed by atoms with E-state index in [1.165, 1.54) is 43.3 Å². The van der Waals surface area contributed by atoms with Crippen LogP contribution in [0.15, 0.2) is 97.1 Å². The first-order chi connectivity index (χ1) is 38.5. The van der Waals surface area contributed by atoms with Gasteiger partial charge in [0.1, 0.15) is 53.9 Å². The van der Waals surface area contributed by atoms with Crippen LogP contribution in [-0.4, -0.2) is 191 Å². The molecule has 0 aromatic heterocycles. The van der Waals surface area contributed by atoms with Crippen molar-refractivity contribution < 1.29 is 79.2 Å². The smallest absolute Gasteiger partial charge is 0.251 e. The normalized spacial score (nSPS) is 27.3. The molecule has 0 aliphatic carbocycles. The van der Waals surface area contributed by atoms with E-state index in [0.717, 1.165) is 70.9 Å². The second kappa shape index (κ2) is 27.3. The molecule has 0 spiro atoms. The highest BCUT2D eigenvalue weighted by molar-refractivity contribution is 6.00. The molecular formula is C58H73N7O16. The van der Waals surface area contributed by atoms with Crippen LogP contribution in [0.25, 0.3) is 22.3 Å². The molecular weight excluding hydrogens is 1050 g/mol. The Morgan fingerprint density at radius 2 is 1.17 bits per heavy atom. The van der Waals surface area contributed by atoms with E-state index in [4.69, 9.17) is 4.74 Å². The molecule has 81 heavy (non-hydrogen) atoms. The van der Waals surface area contributed by atoms with Crippen LogP contribution < -0.4 is 31.3 Å². The summed E-state index contributed by atoms with van der Waals surface area (Å²) in [7, 11) is 0. The predicted octanol–water partition coefficient (Wildman–Crippen LogP) is -0.418. The van der Waals surface area contributed by atoms with Crippen molar-refractivity contribution in [2.45, 2.75) is 145 Å². The average Bonchev–Trinajstić information content (AvgIpc) is 4.10. The van der Waals surface area contributed by atoms with Gasteiger partial charge in [-0.3, -0.25) is 33.6 Å². The van der Waals surface area contributed by atoms with Crippen LogP contribution in [0.4, 0.5) is 0 Å². The van der Waals surface area contributed by atoms with Crippen molar-refractivity contribution in [1.82, 2.24) is 36.4 Å². The number of phenolic OH excluding ortho intramolecular Hbond substituents is 1. The number of hydrogen-bond donors (Lipinski definition) is 13. The van der Waals surface area contributed by atoms with Crippen molar-refractivity contribution in [3.05, 3.63) is 108 Å². The molecule has 3 unspecified atom stereocenters. The lowest BCUT2D eigenvalue weighted by Crippen LogP contribution is -2.64. The first-order valence-corrected chi connectivity index (χ1v) is 27.2. The summed E-state index contributed by atoms with van der Waals surface area (Å²) in [4.78, 5) is 102. The summed E-state index contributed by atoms with van der Waals surface area (Å²) >= 11 is 0. The van der Waals surface area contributed by atoms with Gasteiger partial charge in [-0.15, -0.1) is 0 Å². The Hall–Kier alpha value is -7.51. The van der Waals surface area contributed by atoms with Crippen molar-refractivity contribution in [3.63, 3.8) is 0 Å². The fourth-order valence-electron chi connectivity index (χ4n) is 10.2. The molecule has 3 aliphatic heterocycles. The van der Waals surface area contributed by atoms with Gasteiger partial charge in [0.05, 0.1) is 37.1 Å². The van der Waals surface area contributed by atoms with Gasteiger partial charge in [-0.05, 0) is 84.5 Å². The zero-order chi connectivity index (χ0) is 58.8. The molecule has 3 saturated heterocycles. The molecule has 23 heteroatoms. The second-order valence-electron chi connectivity index (χ2n) is 21.2. The lowest BCUT2D eigenvalue weighted by molar-refractivity contribution is -0.148. The van der Waals surface area contributed by atoms with Crippen LogP contribution >= 0.6 is 0 Å². The first-order valence-electron chi connectivity index (χ1n) is 27.2. The number of carbonyl (C=O) groups excluding carboxylic acids is 7. The SMILES string of the molecule is CCCCCOc1ccc(-c2ccc(-c3ccc(C(=O)NC4C[C@@H](O)[C@@H](O)NC(=O)[C@@H]5[C@@H](O)[C@@H](C)CN5C(=O)[C@H](C(C)O)NC(=O)[C@H]([C@H](O)Cc5ccc(O)cc5)NC(=O)[C@@H]5C[C@@H](O)CN5C(=O)[C@H](C(C)O)NC4=O)cc3)cc2)cc1. The monoisotopic (exact) mass is 1120 g/mol. The number of fused-ring (bicyclic) bond motifs is 2. The number of nitrogens with one attached hydrogen (secondary N) is 5. The molecule has 4 aromatic carbocycles. The molecule has 7 amide bonds. The number of benzene rings is 4. The zero-order valence-electron chi connectivity index (χ0n) is 45.4. The molecule has 13 N–H and O–H groups in total. The lowest BCUT2D eigenvalue weighted by atomic mass is 9.99. The van der Waals surface area contributed by atoms with Crippen LogP contribution in [0.1, 0.15) is 75.7 Å². The first kappa shape index (κ1) is 61.1. The molecule has 4 aromatic rings. The number of ether oxygens (including phenoxy) is 1. The van der Waals surface area contributed by atoms with E-state index in [-0.39, 0.29) is 24.3 Å². The van der Waals surface area contributed by atoms with E-state index in [9.17, 15) is 74.4 Å². The van der Waals surface area contributed by atoms with Crippen molar-refractivity contribution in [2.24, 2.45) is 5.92 Å². The maximum atomic E-state index is 14.5. The number of hydrogen-bond acceptors (Lipinski definition) is 16. The second-order valence-corrected chi connectivity index (χ2v) is 21.2. The van der Waals surface area contributed by atoms with E-state index < -0.39 is 146 Å². The third-order valence-electron chi connectivity index (χ3n) is 14.9. The van der Waals surface area contributed by atoms with Gasteiger partial charge in [0.2, 0.25) is 35.4 Å². The fourth-order valence-corrected chi connectivity index (χ4v) is 10.2. The fraction of sp³-hybridized carbons (Fsp3) is 0.466. The highest BCUT2D eigenvalue weighted by atomic mass is 16.5. The highest BCUT2D eigenvalue weighted by Gasteiger charge is 2.50. The quantitative estimate of drug-likeness (QED) is 0.0714. The van der Waals surface area contributed by atoms with Crippen LogP contribution in [0.2, 0.25) is 0 Å². The summed E-state index contributed by atoms with van der Waals surface area (Å²) in [5, 5.41) is 100. The van der Waals surface area contributed by atoms with Gasteiger partial charge >= 0.3 is 0 Å². The van der Waals surface area contributed by atoms with Gasteiger partial charge < -0.3 is 82.0 Å². The van der Waals surface area contributed by atoms with Crippen molar-refractivity contribution in [2.75, 3.05) is 19.7 Å². The molecule has 436 valence electrons. The molecule has 3 aliphatic rings. The Labute approximate surface area is 468 Å². The Kier molecular flexibility index (Phi) is 20.6. The third-order valence-corrected chi connectivity index (χ3v) is 14.9. The zero-order valence-corrected chi connectivity index (χ0v) is 45.4. The number of unbranched alkanes of at least 4 members (excludes halogenated alkanes) is 2. The molecule has 3 fully saturated rings. The number of nitrogens with zero attached hydrogens (tertiary/aromatic N) is 2. The molecule has 3 heterocycles. The van der Waals surface area contributed by atoms with E-state index in [0.29, 0.717) is 12.2 Å². The number of rotatable bonds is 14. The summed E-state index contributed by atoms with van der Waals surface area (Å²) < 4.78 is 5.84. The topological polar surface area (TPSA) is 357 Å². The van der Waals surface area contributed by atoms with Gasteiger partial charge in [-0.1, -0.05) is 87.4 Å². The minimum absolute atomic E-state index is 0.0259. The Morgan fingerprint density at radius 1 is 0.642 bits per heavy atom. The van der Waals surface area contributed by atoms with E-state index in [1.807, 2.05) is 48.5 Å². The number of aliphatic hydroxyl groups is 7. The summed E-state index contributed by atoms with van der Waals surface area (Å²) in [6, 6.07) is 16.2. The number of amides is 7. The highest BCUT2D eigenvalue weighted by Crippen LogP contribution is 2.29. The maximum Gasteiger partial charge on any atom is 0.251 e. The minimum atomic E-state index is -2.26. The largest absolute Gasteiger partial charge is 0.508 e. The van der Waals surface area contributed by atoms with Crippen LogP contribution in [0.3, 0.4) is 0 Å². The predicted molar refractivity (Wildman–Crippen MR) is 292 cm³/mol.